The first kappa shape index (κ1) is 9.55. The molecule has 0 spiro atoms. The van der Waals surface area contributed by atoms with Crippen LogP contribution in [-0.2, 0) is 7.05 Å². The summed E-state index contributed by atoms with van der Waals surface area (Å²) >= 11 is 5.36. The Kier molecular flexibility index (Phi) is 2.04. The number of aromatic nitrogens is 1. The lowest BCUT2D eigenvalue weighted by Crippen LogP contribution is -1.99. The number of hydrogen-bond donors (Lipinski definition) is 0. The van der Waals surface area contributed by atoms with Crippen LogP contribution >= 0.6 is 12.2 Å². The number of hydrogen-bond acceptors (Lipinski definition) is 1. The fourth-order valence-corrected chi connectivity index (χ4v) is 2.41. The van der Waals surface area contributed by atoms with Crippen LogP contribution in [0.2, 0.25) is 0 Å². The molecule has 16 heavy (non-hydrogen) atoms. The molecular weight excluding hydrogens is 214 g/mol. The molecule has 0 saturated heterocycles. The predicted octanol–water partition coefficient (Wildman–Crippen LogP) is 4.01. The van der Waals surface area contributed by atoms with Crippen LogP contribution in [-0.4, -0.2) is 4.57 Å². The normalized spacial score (nSPS) is 11.1. The molecule has 0 N–H and O–H groups in total. The van der Waals surface area contributed by atoms with E-state index in [4.69, 9.17) is 12.2 Å². The zero-order valence-electron chi connectivity index (χ0n) is 8.97. The van der Waals surface area contributed by atoms with Gasteiger partial charge in [-0.3, -0.25) is 0 Å². The lowest BCUT2D eigenvalue weighted by molar-refractivity contribution is 0.961. The van der Waals surface area contributed by atoms with E-state index in [1.807, 2.05) is 12.1 Å². The zero-order valence-corrected chi connectivity index (χ0v) is 9.79. The summed E-state index contributed by atoms with van der Waals surface area (Å²) in [4.78, 5) is 0. The summed E-state index contributed by atoms with van der Waals surface area (Å²) in [5.74, 6) is 0. The first-order chi connectivity index (χ1) is 7.77. The molecule has 0 unspecified atom stereocenters. The summed E-state index contributed by atoms with van der Waals surface area (Å²) in [7, 11) is 2.08. The maximum atomic E-state index is 5.36. The minimum absolute atomic E-state index is 0.916. The van der Waals surface area contributed by atoms with Crippen LogP contribution in [0.15, 0.2) is 48.5 Å². The number of aryl methyl sites for hydroxylation is 1. The van der Waals surface area contributed by atoms with Crippen molar-refractivity contribution in [3.8, 4) is 11.3 Å². The molecule has 1 aromatic rings. The van der Waals surface area contributed by atoms with E-state index < -0.39 is 0 Å². The quantitative estimate of drug-likeness (QED) is 0.413. The summed E-state index contributed by atoms with van der Waals surface area (Å²) in [6.45, 7) is 0. The Morgan fingerprint density at radius 3 is 2.69 bits per heavy atom. The van der Waals surface area contributed by atoms with Crippen LogP contribution in [0.25, 0.3) is 22.2 Å². The van der Waals surface area contributed by atoms with Crippen molar-refractivity contribution in [2.75, 3.05) is 0 Å². The summed E-state index contributed by atoms with van der Waals surface area (Å²) in [6.07, 6.45) is 0. The smallest absolute Gasteiger partial charge is 0.0496 e. The van der Waals surface area contributed by atoms with Gasteiger partial charge in [0.1, 0.15) is 0 Å². The van der Waals surface area contributed by atoms with Crippen LogP contribution in [0.4, 0.5) is 0 Å². The monoisotopic (exact) mass is 225 g/mol. The second-order valence-electron chi connectivity index (χ2n) is 3.95. The second kappa shape index (κ2) is 3.42. The van der Waals surface area contributed by atoms with Gasteiger partial charge < -0.3 is 4.57 Å². The molecule has 0 fully saturated rings. The maximum absolute atomic E-state index is 5.36. The highest BCUT2D eigenvalue weighted by Crippen LogP contribution is 2.28. The van der Waals surface area contributed by atoms with Crippen molar-refractivity contribution < 1.29 is 0 Å². The topological polar surface area (TPSA) is 4.93 Å². The Bertz CT molecular complexity index is 697. The molecule has 2 heteroatoms. The van der Waals surface area contributed by atoms with E-state index in [9.17, 15) is 0 Å². The molecule has 1 nitrogen and oxygen atoms in total. The van der Waals surface area contributed by atoms with Crippen LogP contribution in [0.5, 0.6) is 0 Å². The van der Waals surface area contributed by atoms with Gasteiger partial charge in [0.25, 0.3) is 0 Å². The van der Waals surface area contributed by atoms with Crippen molar-refractivity contribution in [3.63, 3.8) is 0 Å². The van der Waals surface area contributed by atoms with Crippen molar-refractivity contribution in [1.82, 2.24) is 4.57 Å². The number of para-hydroxylation sites is 1. The summed E-state index contributed by atoms with van der Waals surface area (Å²) in [5, 5.41) is 1.23. The number of rotatable bonds is 0. The highest BCUT2D eigenvalue weighted by Gasteiger charge is 2.08. The summed E-state index contributed by atoms with van der Waals surface area (Å²) in [5.41, 5.74) is 3.57. The Balaban J connectivity index is 2.61. The Morgan fingerprint density at radius 1 is 1.00 bits per heavy atom. The first-order valence-corrected chi connectivity index (χ1v) is 5.66. The van der Waals surface area contributed by atoms with Crippen molar-refractivity contribution >= 4 is 23.1 Å². The van der Waals surface area contributed by atoms with Gasteiger partial charge >= 0.3 is 0 Å². The van der Waals surface area contributed by atoms with Gasteiger partial charge in [0.05, 0.1) is 0 Å². The minimum Gasteiger partial charge on any atom is -0.344 e. The van der Waals surface area contributed by atoms with E-state index in [0.717, 1.165) is 10.1 Å². The van der Waals surface area contributed by atoms with Crippen LogP contribution in [0.3, 0.4) is 0 Å². The summed E-state index contributed by atoms with van der Waals surface area (Å²) < 4.78 is 3.11. The Labute approximate surface area is 99.3 Å². The van der Waals surface area contributed by atoms with Gasteiger partial charge in [-0.2, -0.15) is 0 Å². The summed E-state index contributed by atoms with van der Waals surface area (Å²) in [6, 6.07) is 16.6. The van der Waals surface area contributed by atoms with Crippen molar-refractivity contribution in [1.29, 1.82) is 0 Å². The van der Waals surface area contributed by atoms with Crippen LogP contribution in [0, 0.1) is 4.51 Å². The standard InChI is InChI=1S/C14H11NS/c1-15-12-6-3-2-5-10(12)9-11-13(15)7-4-8-14(11)16/h2-9H,1H3. The number of benzene rings is 2. The molecule has 1 heterocycles. The zero-order chi connectivity index (χ0) is 11.1. The van der Waals surface area contributed by atoms with Crippen LogP contribution in [0.1, 0.15) is 0 Å². The van der Waals surface area contributed by atoms with E-state index in [2.05, 4.69) is 48.0 Å². The van der Waals surface area contributed by atoms with E-state index in [1.54, 1.807) is 0 Å². The van der Waals surface area contributed by atoms with Gasteiger partial charge in [-0.25, -0.2) is 0 Å². The minimum atomic E-state index is 0.916. The van der Waals surface area contributed by atoms with Gasteiger partial charge in [0.2, 0.25) is 0 Å². The number of nitrogens with zero attached hydrogens (tertiary/aromatic N) is 1. The highest BCUT2D eigenvalue weighted by molar-refractivity contribution is 7.71. The Hall–Kier alpha value is -1.67. The van der Waals surface area contributed by atoms with Crippen molar-refractivity contribution in [2.45, 2.75) is 0 Å². The largest absolute Gasteiger partial charge is 0.344 e. The van der Waals surface area contributed by atoms with E-state index in [0.29, 0.717) is 0 Å². The SMILES string of the molecule is Cn1c2cccc(=S)c-2cc2ccccc21. The fourth-order valence-electron chi connectivity index (χ4n) is 2.17. The second-order valence-corrected chi connectivity index (χ2v) is 4.39. The van der Waals surface area contributed by atoms with Gasteiger partial charge in [0.15, 0.2) is 0 Å². The predicted molar refractivity (Wildman–Crippen MR) is 70.4 cm³/mol. The first-order valence-electron chi connectivity index (χ1n) is 5.25. The van der Waals surface area contributed by atoms with Gasteiger partial charge in [-0.15, -0.1) is 0 Å². The lowest BCUT2D eigenvalue weighted by atomic mass is 10.1. The molecule has 0 saturated carbocycles. The maximum Gasteiger partial charge on any atom is 0.0496 e. The molecule has 0 aromatic heterocycles. The molecule has 1 aliphatic heterocycles. The number of fused-ring (bicyclic) bond motifs is 2. The van der Waals surface area contributed by atoms with Crippen molar-refractivity contribution in [3.05, 3.63) is 53.0 Å². The van der Waals surface area contributed by atoms with Gasteiger partial charge in [-0.1, -0.05) is 36.5 Å². The molecule has 0 amide bonds. The van der Waals surface area contributed by atoms with E-state index >= 15 is 0 Å². The molecule has 0 bridgehead atoms. The third-order valence-corrected chi connectivity index (χ3v) is 3.36. The van der Waals surface area contributed by atoms with Crippen LogP contribution < -0.4 is 0 Å². The molecule has 1 aliphatic carbocycles. The molecule has 0 radical (unpaired) electrons. The molecule has 78 valence electrons. The molecular formula is C14H11NS. The van der Waals surface area contributed by atoms with Gasteiger partial charge in [0, 0.05) is 28.3 Å². The molecule has 3 rings (SSSR count). The number of pyridine rings is 1. The Morgan fingerprint density at radius 2 is 1.81 bits per heavy atom. The molecule has 1 aromatic carbocycles. The average Bonchev–Trinajstić information content (AvgIpc) is 2.31. The highest BCUT2D eigenvalue weighted by atomic mass is 32.1. The third kappa shape index (κ3) is 1.27. The fraction of sp³-hybridized carbons (Fsp3) is 0.0714. The van der Waals surface area contributed by atoms with Gasteiger partial charge in [-0.05, 0) is 29.7 Å². The lowest BCUT2D eigenvalue weighted by Gasteiger charge is -2.15. The third-order valence-electron chi connectivity index (χ3n) is 3.00. The van der Waals surface area contributed by atoms with E-state index in [1.165, 1.54) is 16.6 Å². The molecule has 0 atom stereocenters. The molecule has 2 aliphatic rings. The van der Waals surface area contributed by atoms with E-state index in [-0.39, 0.29) is 0 Å². The average molecular weight is 225 g/mol. The van der Waals surface area contributed by atoms with Crippen molar-refractivity contribution in [2.24, 2.45) is 7.05 Å².